The Balaban J connectivity index is 0.00000202. The number of aromatic hydroxyl groups is 1. The van der Waals surface area contributed by atoms with Crippen molar-refractivity contribution in [3.05, 3.63) is 120 Å². The minimum absolute atomic E-state index is 0. The van der Waals surface area contributed by atoms with Crippen LogP contribution >= 0.6 is 0 Å². The zero-order valence-corrected chi connectivity index (χ0v) is 25.7. The number of hydrogen-bond acceptors (Lipinski definition) is 4. The van der Waals surface area contributed by atoms with E-state index in [4.69, 9.17) is 9.97 Å². The fraction of sp³-hybridized carbons (Fsp3) is 0.243. The molecule has 0 saturated heterocycles. The van der Waals surface area contributed by atoms with Crippen molar-refractivity contribution in [2.75, 3.05) is 4.90 Å². The van der Waals surface area contributed by atoms with Gasteiger partial charge < -0.3 is 5.11 Å². The van der Waals surface area contributed by atoms with Gasteiger partial charge in [0.15, 0.2) is 0 Å². The van der Waals surface area contributed by atoms with E-state index in [2.05, 4.69) is 67.3 Å². The van der Waals surface area contributed by atoms with Crippen molar-refractivity contribution in [2.45, 2.75) is 53.4 Å². The predicted octanol–water partition coefficient (Wildman–Crippen LogP) is 9.50. The van der Waals surface area contributed by atoms with Crippen molar-refractivity contribution in [2.24, 2.45) is 5.92 Å². The number of nitrogens with zero attached hydrogens (tertiary/aromatic N) is 3. The number of phenolic OH excluding ortho intramolecular Hbond substituents is 1. The summed E-state index contributed by atoms with van der Waals surface area (Å²) >= 11 is 0. The van der Waals surface area contributed by atoms with Gasteiger partial charge in [0, 0.05) is 38.6 Å². The van der Waals surface area contributed by atoms with Gasteiger partial charge >= 0.3 is 0 Å². The Morgan fingerprint density at radius 3 is 2.31 bits per heavy atom. The van der Waals surface area contributed by atoms with E-state index in [0.717, 1.165) is 65.4 Å². The molecule has 2 heterocycles. The largest absolute Gasteiger partial charge is 0.515 e. The molecule has 5 aromatic rings. The molecule has 1 aliphatic carbocycles. The number of phenols is 1. The number of fused-ring (bicyclic) bond motifs is 1. The predicted molar refractivity (Wildman–Crippen MR) is 170 cm³/mol. The molecule has 0 amide bonds. The van der Waals surface area contributed by atoms with Crippen molar-refractivity contribution in [3.8, 4) is 28.1 Å². The van der Waals surface area contributed by atoms with Crippen molar-refractivity contribution < 1.29 is 26.2 Å². The minimum atomic E-state index is 0. The number of para-hydroxylation sites is 2. The summed E-state index contributed by atoms with van der Waals surface area (Å²) in [4.78, 5) is 12.3. The summed E-state index contributed by atoms with van der Waals surface area (Å²) in [5, 5.41) is 10.7. The van der Waals surface area contributed by atoms with Crippen LogP contribution in [0.2, 0.25) is 0 Å². The van der Waals surface area contributed by atoms with E-state index in [0.29, 0.717) is 5.92 Å². The van der Waals surface area contributed by atoms with Crippen LogP contribution in [0.4, 0.5) is 17.3 Å². The monoisotopic (exact) mass is 735 g/mol. The third kappa shape index (κ3) is 6.66. The van der Waals surface area contributed by atoms with Crippen LogP contribution in [-0.4, -0.2) is 15.1 Å². The first-order chi connectivity index (χ1) is 19.6. The van der Waals surface area contributed by atoms with Crippen molar-refractivity contribution in [1.82, 2.24) is 9.97 Å². The molecule has 5 heteroatoms. The number of rotatable bonds is 7. The van der Waals surface area contributed by atoms with E-state index in [-0.39, 0.29) is 34.2 Å². The molecule has 0 bridgehead atoms. The molecule has 4 nitrogen and oxygen atoms in total. The Morgan fingerprint density at radius 2 is 1.57 bits per heavy atom. The Bertz CT molecular complexity index is 1580. The van der Waals surface area contributed by atoms with E-state index >= 15 is 0 Å². The molecular formula is C37H38N3OPt-. The Morgan fingerprint density at radius 1 is 0.857 bits per heavy atom. The molecule has 0 saturated carbocycles. The van der Waals surface area contributed by atoms with Gasteiger partial charge in [-0.25, -0.2) is 4.98 Å². The van der Waals surface area contributed by atoms with E-state index in [1.54, 1.807) is 6.07 Å². The average Bonchev–Trinajstić information content (AvgIpc) is 2.98. The number of pyridine rings is 2. The van der Waals surface area contributed by atoms with Crippen molar-refractivity contribution in [1.29, 1.82) is 0 Å². The van der Waals surface area contributed by atoms with Gasteiger partial charge in [0.1, 0.15) is 11.6 Å². The van der Waals surface area contributed by atoms with Crippen LogP contribution < -0.4 is 4.90 Å². The molecule has 0 fully saturated rings. The SMILES string of the molecule is C.CC(C)Cc1cc(-c2cc3c(c(N(c4ccccc4)c4ccccn4)n2)CCCC3)[c-]c(-c2ccccc2O)c1.[Pt]. The molecule has 6 rings (SSSR count). The summed E-state index contributed by atoms with van der Waals surface area (Å²) < 4.78 is 0. The van der Waals surface area contributed by atoms with Crippen molar-refractivity contribution >= 4 is 17.3 Å². The van der Waals surface area contributed by atoms with Gasteiger partial charge in [-0.1, -0.05) is 75.4 Å². The van der Waals surface area contributed by atoms with Gasteiger partial charge in [0.2, 0.25) is 0 Å². The number of aromatic nitrogens is 2. The minimum Gasteiger partial charge on any atom is -0.515 e. The smallest absolute Gasteiger partial charge is 0.138 e. The molecule has 3 aromatic carbocycles. The van der Waals surface area contributed by atoms with Gasteiger partial charge in [-0.15, -0.1) is 29.3 Å². The molecule has 0 atom stereocenters. The van der Waals surface area contributed by atoms with Gasteiger partial charge in [0.25, 0.3) is 0 Å². The van der Waals surface area contributed by atoms with E-state index in [1.807, 2.05) is 48.7 Å². The van der Waals surface area contributed by atoms with Gasteiger partial charge in [-0.2, -0.15) is 0 Å². The molecule has 2 aromatic heterocycles. The molecule has 0 aliphatic heterocycles. The first-order valence-corrected chi connectivity index (χ1v) is 14.2. The summed E-state index contributed by atoms with van der Waals surface area (Å²) in [6.07, 6.45) is 7.12. The average molecular weight is 736 g/mol. The number of hydrogen-bond donors (Lipinski definition) is 1. The fourth-order valence-corrected chi connectivity index (χ4v) is 5.67. The summed E-state index contributed by atoms with van der Waals surface area (Å²) in [6.45, 7) is 4.46. The van der Waals surface area contributed by atoms with Crippen LogP contribution in [0.1, 0.15) is 50.8 Å². The van der Waals surface area contributed by atoms with Crippen LogP contribution in [0, 0.1) is 12.0 Å². The molecule has 0 spiro atoms. The number of anilines is 3. The fourth-order valence-electron chi connectivity index (χ4n) is 5.67. The molecule has 1 N–H and O–H groups in total. The molecule has 0 radical (unpaired) electrons. The summed E-state index contributed by atoms with van der Waals surface area (Å²) in [5.74, 6) is 2.54. The molecule has 218 valence electrons. The summed E-state index contributed by atoms with van der Waals surface area (Å²) in [6, 6.07) is 34.2. The molecular weight excluding hydrogens is 698 g/mol. The zero-order chi connectivity index (χ0) is 27.5. The van der Waals surface area contributed by atoms with Gasteiger partial charge in [-0.3, -0.25) is 9.88 Å². The third-order valence-corrected chi connectivity index (χ3v) is 7.47. The van der Waals surface area contributed by atoms with Crippen LogP contribution in [-0.2, 0) is 40.3 Å². The van der Waals surface area contributed by atoms with E-state index < -0.39 is 0 Å². The van der Waals surface area contributed by atoms with Crippen LogP contribution in [0.25, 0.3) is 22.4 Å². The Labute approximate surface area is 264 Å². The standard InChI is InChI=1S/C36H34N3O.CH4.Pt/c1-25(2)20-26-21-28(31-15-8-9-17-34(31)40)23-29(22-26)33-24-27-12-6-7-16-32(27)36(38-33)39(30-13-4-3-5-14-30)35-18-10-11-19-37-35;;/h3-5,8-11,13-15,17-19,21-22,24-25,40H,6-7,12,16,20H2,1-2H3;1H4;/q-1;;. The molecule has 0 unspecified atom stereocenters. The topological polar surface area (TPSA) is 49.2 Å². The number of benzene rings is 3. The zero-order valence-electron chi connectivity index (χ0n) is 23.5. The second-order valence-electron chi connectivity index (χ2n) is 11.0. The normalized spacial score (nSPS) is 12.2. The van der Waals surface area contributed by atoms with E-state index in [1.165, 1.54) is 23.1 Å². The van der Waals surface area contributed by atoms with Crippen LogP contribution in [0.15, 0.2) is 97.2 Å². The summed E-state index contributed by atoms with van der Waals surface area (Å²) in [5.41, 5.74) is 8.40. The number of aryl methyl sites for hydroxylation is 1. The Hall–Kier alpha value is -3.75. The first-order valence-electron chi connectivity index (χ1n) is 14.2. The van der Waals surface area contributed by atoms with Gasteiger partial charge in [-0.05, 0) is 85.0 Å². The second-order valence-corrected chi connectivity index (χ2v) is 11.0. The molecule has 42 heavy (non-hydrogen) atoms. The van der Waals surface area contributed by atoms with Crippen molar-refractivity contribution in [3.63, 3.8) is 0 Å². The maximum Gasteiger partial charge on any atom is 0.138 e. The van der Waals surface area contributed by atoms with E-state index in [9.17, 15) is 5.11 Å². The second kappa shape index (κ2) is 13.9. The Kier molecular flexibility index (Phi) is 10.4. The quantitative estimate of drug-likeness (QED) is 0.169. The maximum absolute atomic E-state index is 10.7. The molecule has 1 aliphatic rings. The third-order valence-electron chi connectivity index (χ3n) is 7.47. The summed E-state index contributed by atoms with van der Waals surface area (Å²) in [7, 11) is 0. The van der Waals surface area contributed by atoms with Crippen LogP contribution in [0.3, 0.4) is 0 Å². The first kappa shape index (κ1) is 31.2. The van der Waals surface area contributed by atoms with Crippen LogP contribution in [0.5, 0.6) is 5.75 Å². The van der Waals surface area contributed by atoms with Gasteiger partial charge in [0.05, 0.1) is 5.75 Å². The maximum atomic E-state index is 10.7.